The Bertz CT molecular complexity index is 938. The van der Waals surface area contributed by atoms with Crippen molar-refractivity contribution >= 4 is 0 Å². The second-order valence-corrected chi connectivity index (χ2v) is 6.58. The molecule has 0 amide bonds. The Kier molecular flexibility index (Phi) is 6.32. The Morgan fingerprint density at radius 3 is 2.34 bits per heavy atom. The van der Waals surface area contributed by atoms with Gasteiger partial charge in [0.25, 0.3) is 6.43 Å². The van der Waals surface area contributed by atoms with E-state index >= 15 is 0 Å². The molecule has 0 fully saturated rings. The Morgan fingerprint density at radius 1 is 0.966 bits per heavy atom. The van der Waals surface area contributed by atoms with Crippen molar-refractivity contribution < 1.29 is 26.7 Å². The Balaban J connectivity index is 1.73. The molecule has 1 heterocycles. The minimum Gasteiger partial charge on any atom is -0.370 e. The van der Waals surface area contributed by atoms with Gasteiger partial charge in [-0.25, -0.2) is 8.78 Å². The molecule has 1 unspecified atom stereocenters. The second-order valence-electron chi connectivity index (χ2n) is 6.58. The van der Waals surface area contributed by atoms with E-state index in [0.717, 1.165) is 17.7 Å². The van der Waals surface area contributed by atoms with Crippen molar-refractivity contribution in [1.29, 1.82) is 0 Å². The number of alkyl halides is 5. The van der Waals surface area contributed by atoms with Crippen molar-refractivity contribution in [3.63, 3.8) is 0 Å². The molecular formula is C21H19F5N2O. The summed E-state index contributed by atoms with van der Waals surface area (Å²) in [7, 11) is 0. The third-order valence-electron chi connectivity index (χ3n) is 4.52. The highest BCUT2D eigenvalue weighted by Crippen LogP contribution is 2.36. The van der Waals surface area contributed by atoms with E-state index in [2.05, 4.69) is 5.10 Å². The molecule has 0 radical (unpaired) electrons. The van der Waals surface area contributed by atoms with E-state index in [4.69, 9.17) is 4.74 Å². The number of halogens is 5. The smallest absolute Gasteiger partial charge is 0.370 e. The molecule has 3 rings (SSSR count). The number of hydrogen-bond donors (Lipinski definition) is 0. The topological polar surface area (TPSA) is 27.1 Å². The van der Waals surface area contributed by atoms with E-state index < -0.39 is 29.8 Å². The fourth-order valence-electron chi connectivity index (χ4n) is 2.98. The molecule has 0 N–H and O–H groups in total. The molecule has 1 aromatic heterocycles. The highest BCUT2D eigenvalue weighted by atomic mass is 19.4. The minimum absolute atomic E-state index is 0.0906. The van der Waals surface area contributed by atoms with Gasteiger partial charge >= 0.3 is 6.18 Å². The molecule has 154 valence electrons. The number of aromatic nitrogens is 2. The number of nitrogens with zero attached hydrogens (tertiary/aromatic N) is 2. The third-order valence-corrected chi connectivity index (χ3v) is 4.52. The summed E-state index contributed by atoms with van der Waals surface area (Å²) in [6.45, 7) is 2.23. The lowest BCUT2D eigenvalue weighted by Gasteiger charge is -2.18. The van der Waals surface area contributed by atoms with Crippen molar-refractivity contribution in [2.24, 2.45) is 0 Å². The lowest BCUT2D eigenvalue weighted by atomic mass is 9.99. The van der Waals surface area contributed by atoms with Crippen molar-refractivity contribution in [3.8, 4) is 0 Å². The van der Waals surface area contributed by atoms with Gasteiger partial charge in [-0.2, -0.15) is 18.3 Å². The quantitative estimate of drug-likeness (QED) is 0.436. The molecule has 0 bridgehead atoms. The van der Waals surface area contributed by atoms with Crippen LogP contribution >= 0.6 is 0 Å². The van der Waals surface area contributed by atoms with Crippen LogP contribution in [0, 0.1) is 0 Å². The van der Waals surface area contributed by atoms with Gasteiger partial charge in [-0.05, 0) is 36.2 Å². The average molecular weight is 410 g/mol. The summed E-state index contributed by atoms with van der Waals surface area (Å²) in [6, 6.07) is 13.0. The second kappa shape index (κ2) is 8.73. The lowest BCUT2D eigenvalue weighted by molar-refractivity contribution is -0.137. The van der Waals surface area contributed by atoms with Gasteiger partial charge in [0.1, 0.15) is 0 Å². The first-order valence-electron chi connectivity index (χ1n) is 8.90. The van der Waals surface area contributed by atoms with Crippen LogP contribution in [0.25, 0.3) is 0 Å². The van der Waals surface area contributed by atoms with E-state index in [9.17, 15) is 22.0 Å². The summed E-state index contributed by atoms with van der Waals surface area (Å²) in [4.78, 5) is 0. The summed E-state index contributed by atoms with van der Waals surface area (Å²) in [6.07, 6.45) is -6.11. The van der Waals surface area contributed by atoms with E-state index in [0.29, 0.717) is 18.4 Å². The van der Waals surface area contributed by atoms with Crippen LogP contribution in [0.1, 0.15) is 47.3 Å². The molecule has 0 saturated heterocycles. The van der Waals surface area contributed by atoms with Crippen molar-refractivity contribution in [2.45, 2.75) is 38.8 Å². The van der Waals surface area contributed by atoms with Gasteiger partial charge in [0, 0.05) is 11.8 Å². The minimum atomic E-state index is -4.68. The number of benzene rings is 2. The fourth-order valence-corrected chi connectivity index (χ4v) is 2.98. The standard InChI is InChI=1S/C21H19F5N2O/c1-14(18-8-7-16(21(24,25)26)11-19(18)20(22)23)28-10-9-17(27-28)13-29-12-15-5-3-2-4-6-15/h2-11,14,20H,12-13H2,1H3. The van der Waals surface area contributed by atoms with Crippen LogP contribution in [-0.4, -0.2) is 9.78 Å². The van der Waals surface area contributed by atoms with E-state index in [1.165, 1.54) is 4.68 Å². The molecule has 0 spiro atoms. The highest BCUT2D eigenvalue weighted by molar-refractivity contribution is 5.36. The largest absolute Gasteiger partial charge is 0.416 e. The lowest BCUT2D eigenvalue weighted by Crippen LogP contribution is -2.13. The van der Waals surface area contributed by atoms with Crippen molar-refractivity contribution in [1.82, 2.24) is 9.78 Å². The van der Waals surface area contributed by atoms with Gasteiger partial charge in [0.2, 0.25) is 0 Å². The van der Waals surface area contributed by atoms with Gasteiger partial charge in [-0.1, -0.05) is 36.4 Å². The molecule has 0 aliphatic heterocycles. The Morgan fingerprint density at radius 2 is 1.69 bits per heavy atom. The number of rotatable bonds is 7. The first kappa shape index (κ1) is 21.0. The van der Waals surface area contributed by atoms with Gasteiger partial charge in [-0.15, -0.1) is 0 Å². The molecular weight excluding hydrogens is 391 g/mol. The highest BCUT2D eigenvalue weighted by Gasteiger charge is 2.32. The zero-order chi connectivity index (χ0) is 21.0. The Labute approximate surface area is 164 Å². The maximum absolute atomic E-state index is 13.4. The molecule has 29 heavy (non-hydrogen) atoms. The fraction of sp³-hybridized carbons (Fsp3) is 0.286. The maximum Gasteiger partial charge on any atom is 0.416 e. The molecule has 3 aromatic rings. The van der Waals surface area contributed by atoms with Crippen molar-refractivity contribution in [3.05, 3.63) is 88.7 Å². The average Bonchev–Trinajstić information content (AvgIpc) is 3.16. The summed E-state index contributed by atoms with van der Waals surface area (Å²) in [5.74, 6) is 0. The summed E-state index contributed by atoms with van der Waals surface area (Å²) in [5, 5.41) is 4.31. The predicted molar refractivity (Wildman–Crippen MR) is 97.4 cm³/mol. The molecule has 0 aliphatic carbocycles. The van der Waals surface area contributed by atoms with E-state index in [-0.39, 0.29) is 12.2 Å². The first-order valence-corrected chi connectivity index (χ1v) is 8.90. The third kappa shape index (κ3) is 5.20. The zero-order valence-electron chi connectivity index (χ0n) is 15.5. The molecule has 0 aliphatic rings. The van der Waals surface area contributed by atoms with E-state index in [1.807, 2.05) is 30.3 Å². The van der Waals surface area contributed by atoms with Crippen LogP contribution in [-0.2, 0) is 24.1 Å². The Hall–Kier alpha value is -2.74. The first-order chi connectivity index (χ1) is 13.8. The van der Waals surface area contributed by atoms with Gasteiger partial charge in [0.15, 0.2) is 0 Å². The summed E-state index contributed by atoms with van der Waals surface area (Å²) >= 11 is 0. The van der Waals surface area contributed by atoms with Crippen LogP contribution in [0.5, 0.6) is 0 Å². The van der Waals surface area contributed by atoms with Crippen LogP contribution < -0.4 is 0 Å². The monoisotopic (exact) mass is 410 g/mol. The van der Waals surface area contributed by atoms with Crippen LogP contribution in [0.2, 0.25) is 0 Å². The molecule has 8 heteroatoms. The maximum atomic E-state index is 13.4. The normalized spacial score (nSPS) is 13.1. The number of ether oxygens (including phenoxy) is 1. The van der Waals surface area contributed by atoms with Crippen LogP contribution in [0.15, 0.2) is 60.8 Å². The zero-order valence-corrected chi connectivity index (χ0v) is 15.5. The van der Waals surface area contributed by atoms with Gasteiger partial charge in [-0.3, -0.25) is 4.68 Å². The van der Waals surface area contributed by atoms with Crippen molar-refractivity contribution in [2.75, 3.05) is 0 Å². The van der Waals surface area contributed by atoms with Crippen LogP contribution in [0.3, 0.4) is 0 Å². The SMILES string of the molecule is CC(c1ccc(C(F)(F)F)cc1C(F)F)n1ccc(COCc2ccccc2)n1. The van der Waals surface area contributed by atoms with Gasteiger partial charge in [0.05, 0.1) is 30.5 Å². The molecule has 2 aromatic carbocycles. The molecule has 3 nitrogen and oxygen atoms in total. The van der Waals surface area contributed by atoms with E-state index in [1.54, 1.807) is 19.2 Å². The van der Waals surface area contributed by atoms with Crippen LogP contribution in [0.4, 0.5) is 22.0 Å². The van der Waals surface area contributed by atoms with Gasteiger partial charge < -0.3 is 4.74 Å². The summed E-state index contributed by atoms with van der Waals surface area (Å²) < 4.78 is 72.4. The molecule has 1 atom stereocenters. The predicted octanol–water partition coefficient (Wildman–Crippen LogP) is 6.17. The summed E-state index contributed by atoms with van der Waals surface area (Å²) in [5.41, 5.74) is -0.0540. The molecule has 0 saturated carbocycles. The number of hydrogen-bond acceptors (Lipinski definition) is 2.